The van der Waals surface area contributed by atoms with Gasteiger partial charge in [-0.25, -0.2) is 9.97 Å². The number of nitriles is 1. The number of benzene rings is 1. The first kappa shape index (κ1) is 40.8. The van der Waals surface area contributed by atoms with E-state index in [9.17, 15) is 5.26 Å². The van der Waals surface area contributed by atoms with E-state index in [0.29, 0.717) is 28.7 Å². The molecule has 274 valence electrons. The van der Waals surface area contributed by atoms with Crippen molar-refractivity contribution in [2.24, 2.45) is 5.92 Å². The third-order valence-corrected chi connectivity index (χ3v) is 11.6. The van der Waals surface area contributed by atoms with Crippen LogP contribution in [0.1, 0.15) is 185 Å². The first-order valence-corrected chi connectivity index (χ1v) is 20.4. The molecule has 3 saturated heterocycles. The minimum absolute atomic E-state index is 0.277. The molecule has 0 spiro atoms. The third-order valence-electron chi connectivity index (χ3n) is 11.6. The second-order valence-electron chi connectivity index (χ2n) is 15.1. The fourth-order valence-electron chi connectivity index (χ4n) is 8.51. The first-order valence-electron chi connectivity index (χ1n) is 20.4. The molecule has 5 unspecified atom stereocenters. The van der Waals surface area contributed by atoms with Crippen LogP contribution in [0.4, 0.5) is 11.5 Å². The van der Waals surface area contributed by atoms with E-state index in [1.165, 1.54) is 99.1 Å². The molecule has 0 amide bonds. The van der Waals surface area contributed by atoms with Crippen LogP contribution in [0.5, 0.6) is 0 Å². The molecule has 6 heteroatoms. The number of nitrogens with zero attached hydrogens (tertiary/aromatic N) is 5. The maximum absolute atomic E-state index is 9.98. The summed E-state index contributed by atoms with van der Waals surface area (Å²) in [6.07, 6.45) is 16.8. The normalized spacial score (nSPS) is 24.4. The van der Waals surface area contributed by atoms with Crippen molar-refractivity contribution in [1.82, 2.24) is 14.9 Å². The van der Waals surface area contributed by atoms with E-state index in [1.54, 1.807) is 0 Å². The summed E-state index contributed by atoms with van der Waals surface area (Å²) in [7, 11) is 0. The van der Waals surface area contributed by atoms with Gasteiger partial charge in [0.2, 0.25) is 0 Å². The topological polar surface area (TPSA) is 82.1 Å². The summed E-state index contributed by atoms with van der Waals surface area (Å²) in [6, 6.07) is 7.12. The summed E-state index contributed by atoms with van der Waals surface area (Å²) >= 11 is 0. The van der Waals surface area contributed by atoms with Gasteiger partial charge in [-0.2, -0.15) is 5.26 Å². The highest BCUT2D eigenvalue weighted by Gasteiger charge is 2.43. The number of hydrogen-bond acceptors (Lipinski definition) is 6. The molecule has 5 atom stereocenters. The monoisotopic (exact) mass is 673 g/mol. The van der Waals surface area contributed by atoms with Crippen LogP contribution in [-0.4, -0.2) is 46.1 Å². The van der Waals surface area contributed by atoms with E-state index in [4.69, 9.17) is 15.7 Å². The van der Waals surface area contributed by atoms with Gasteiger partial charge in [-0.05, 0) is 106 Å². The lowest BCUT2D eigenvalue weighted by molar-refractivity contribution is 0.218. The molecule has 3 aliphatic heterocycles. The van der Waals surface area contributed by atoms with E-state index in [2.05, 4.69) is 77.3 Å². The minimum atomic E-state index is 0.277. The van der Waals surface area contributed by atoms with Crippen molar-refractivity contribution in [3.05, 3.63) is 45.9 Å². The Hall–Kier alpha value is -2.65. The lowest BCUT2D eigenvalue weighted by Crippen LogP contribution is -2.49. The average Bonchev–Trinajstić information content (AvgIpc) is 3.63. The number of hydrogen-bond donors (Lipinski definition) is 1. The summed E-state index contributed by atoms with van der Waals surface area (Å²) < 4.78 is 0. The van der Waals surface area contributed by atoms with Gasteiger partial charge in [-0.3, -0.25) is 4.90 Å². The predicted molar refractivity (Wildman–Crippen MR) is 211 cm³/mol. The number of fused-ring (bicyclic) bond motifs is 2. The zero-order chi connectivity index (χ0) is 36.1. The van der Waals surface area contributed by atoms with Crippen molar-refractivity contribution in [2.45, 2.75) is 183 Å². The van der Waals surface area contributed by atoms with Crippen LogP contribution >= 0.6 is 0 Å². The van der Waals surface area contributed by atoms with Gasteiger partial charge < -0.3 is 10.6 Å². The summed E-state index contributed by atoms with van der Waals surface area (Å²) in [5.74, 6) is 3.82. The molecular weight excluding hydrogens is 601 g/mol. The van der Waals surface area contributed by atoms with Gasteiger partial charge in [0, 0.05) is 42.3 Å². The third kappa shape index (κ3) is 9.57. The van der Waals surface area contributed by atoms with Crippen LogP contribution in [-0.2, 0) is 19.3 Å². The summed E-state index contributed by atoms with van der Waals surface area (Å²) in [4.78, 5) is 15.3. The summed E-state index contributed by atoms with van der Waals surface area (Å²) in [5.41, 5.74) is 13.1. The highest BCUT2D eigenvalue weighted by Crippen LogP contribution is 2.44. The lowest BCUT2D eigenvalue weighted by atomic mass is 9.76. The Kier molecular flexibility index (Phi) is 16.4. The standard InChI is InChI=1S/C28H39N5.C10H19N.C3H8.C2H6/c1-5-8-9-20-14-15-33(20)28-22-11-10-19(16-25(22)31-26(7-3)32-28)27-21(18(4)6-2)12-13-24(30)23(27)17-29;1-3-9-7-10(2)5-4-6-11(10)8-9;1-3-2;1-2/h12-13,18-20H,5-11,14-16,30H2,1-4H3;9H,3-8H2,1-2H3;3H2,1-2H3;1-2H3. The molecule has 1 aromatic heterocycles. The molecule has 0 bridgehead atoms. The second-order valence-corrected chi connectivity index (χ2v) is 15.1. The molecule has 49 heavy (non-hydrogen) atoms. The molecule has 1 aliphatic carbocycles. The molecule has 0 radical (unpaired) electrons. The molecule has 4 heterocycles. The van der Waals surface area contributed by atoms with Crippen LogP contribution in [0.3, 0.4) is 0 Å². The largest absolute Gasteiger partial charge is 0.398 e. The van der Waals surface area contributed by atoms with E-state index >= 15 is 0 Å². The number of anilines is 2. The maximum atomic E-state index is 9.98. The average molecular weight is 673 g/mol. The summed E-state index contributed by atoms with van der Waals surface area (Å²) in [6.45, 7) is 25.8. The Labute approximate surface area is 301 Å². The molecule has 3 fully saturated rings. The SMILES string of the molecule is CC.CCC.CCC1CN2CCCC2(C)C1.CCCCC1CCN1c1nc(CC)nc2c1CCC(c1c(C(C)CC)ccc(N)c1C#N)C2. The van der Waals surface area contributed by atoms with Gasteiger partial charge >= 0.3 is 0 Å². The van der Waals surface area contributed by atoms with Gasteiger partial charge in [0.1, 0.15) is 17.7 Å². The van der Waals surface area contributed by atoms with E-state index < -0.39 is 0 Å². The predicted octanol–water partition coefficient (Wildman–Crippen LogP) is 10.8. The molecular formula is C43H72N6. The molecule has 0 saturated carbocycles. The van der Waals surface area contributed by atoms with Gasteiger partial charge in [-0.15, -0.1) is 0 Å². The van der Waals surface area contributed by atoms with Crippen molar-refractivity contribution >= 4 is 11.5 Å². The number of aromatic nitrogens is 2. The molecule has 6 nitrogen and oxygen atoms in total. The van der Waals surface area contributed by atoms with E-state index in [-0.39, 0.29) is 5.92 Å². The van der Waals surface area contributed by atoms with Crippen molar-refractivity contribution in [3.63, 3.8) is 0 Å². The number of aryl methyl sites for hydroxylation is 1. The quantitative estimate of drug-likeness (QED) is 0.267. The van der Waals surface area contributed by atoms with E-state index in [1.807, 2.05) is 19.9 Å². The highest BCUT2D eigenvalue weighted by atomic mass is 15.3. The Morgan fingerprint density at radius 2 is 1.80 bits per heavy atom. The van der Waals surface area contributed by atoms with Crippen LogP contribution in [0.15, 0.2) is 12.1 Å². The van der Waals surface area contributed by atoms with Crippen molar-refractivity contribution in [2.75, 3.05) is 30.3 Å². The van der Waals surface area contributed by atoms with Gasteiger partial charge in [0.15, 0.2) is 0 Å². The van der Waals surface area contributed by atoms with Gasteiger partial charge in [0.05, 0.1) is 11.3 Å². The molecule has 2 N–H and O–H groups in total. The summed E-state index contributed by atoms with van der Waals surface area (Å²) in [5, 5.41) is 9.98. The van der Waals surface area contributed by atoms with Crippen LogP contribution in [0, 0.1) is 17.2 Å². The Morgan fingerprint density at radius 1 is 1.06 bits per heavy atom. The minimum Gasteiger partial charge on any atom is -0.398 e. The fourth-order valence-corrected chi connectivity index (χ4v) is 8.51. The fraction of sp³-hybridized carbons (Fsp3) is 0.744. The molecule has 4 aliphatic rings. The Morgan fingerprint density at radius 3 is 2.37 bits per heavy atom. The maximum Gasteiger partial charge on any atom is 0.136 e. The highest BCUT2D eigenvalue weighted by molar-refractivity contribution is 5.63. The number of nitrogens with two attached hydrogens (primary N) is 1. The molecule has 6 rings (SSSR count). The second kappa shape index (κ2) is 19.7. The zero-order valence-electron chi connectivity index (χ0n) is 33.3. The van der Waals surface area contributed by atoms with Crippen LogP contribution in [0.2, 0.25) is 0 Å². The van der Waals surface area contributed by atoms with Crippen molar-refractivity contribution < 1.29 is 0 Å². The molecule has 2 aromatic rings. The number of unbranched alkanes of at least 4 members (excludes halogenated alkanes) is 1. The smallest absolute Gasteiger partial charge is 0.136 e. The van der Waals surface area contributed by atoms with Crippen molar-refractivity contribution in [3.8, 4) is 6.07 Å². The molecule has 1 aromatic carbocycles. The zero-order valence-corrected chi connectivity index (χ0v) is 33.3. The Balaban J connectivity index is 0.000000335. The lowest BCUT2D eigenvalue weighted by Gasteiger charge is -2.44. The van der Waals surface area contributed by atoms with E-state index in [0.717, 1.165) is 50.4 Å². The number of nitrogen functional groups attached to an aromatic ring is 1. The van der Waals surface area contributed by atoms with Crippen LogP contribution in [0.25, 0.3) is 0 Å². The van der Waals surface area contributed by atoms with Crippen LogP contribution < -0.4 is 10.6 Å². The first-order chi connectivity index (χ1) is 23.7. The van der Waals surface area contributed by atoms with Crippen molar-refractivity contribution in [1.29, 1.82) is 5.26 Å². The Bertz CT molecular complexity index is 1350. The van der Waals surface area contributed by atoms with Gasteiger partial charge in [-0.1, -0.05) is 94.1 Å². The number of rotatable bonds is 9. The van der Waals surface area contributed by atoms with Gasteiger partial charge in [0.25, 0.3) is 0 Å².